The minimum absolute atomic E-state index is 0.132. The first-order chi connectivity index (χ1) is 12.5. The molecule has 2 aromatic heterocycles. The smallest absolute Gasteiger partial charge is 0.251 e. The highest BCUT2D eigenvalue weighted by atomic mass is 16.1. The fraction of sp³-hybridized carbons (Fsp3) is 0.316. The van der Waals surface area contributed by atoms with Crippen molar-refractivity contribution in [2.24, 2.45) is 7.05 Å². The van der Waals surface area contributed by atoms with Gasteiger partial charge in [-0.3, -0.25) is 9.48 Å². The van der Waals surface area contributed by atoms with Gasteiger partial charge in [-0.25, -0.2) is 15.0 Å². The highest BCUT2D eigenvalue weighted by Crippen LogP contribution is 2.18. The zero-order chi connectivity index (χ0) is 18.5. The zero-order valence-electron chi connectivity index (χ0n) is 15.2. The summed E-state index contributed by atoms with van der Waals surface area (Å²) in [6, 6.07) is 7.33. The minimum Gasteiger partial charge on any atom is -0.352 e. The number of carbonyl (C=O) groups excluding carboxylic acids is 1. The summed E-state index contributed by atoms with van der Waals surface area (Å²) in [5, 5.41) is 6.92. The molecule has 3 aromatic rings. The number of benzene rings is 1. The average Bonchev–Trinajstić information content (AvgIpc) is 3.07. The molecule has 1 aromatic carbocycles. The van der Waals surface area contributed by atoms with Crippen molar-refractivity contribution in [1.82, 2.24) is 30.0 Å². The van der Waals surface area contributed by atoms with Gasteiger partial charge in [-0.2, -0.15) is 5.10 Å². The molecule has 0 bridgehead atoms. The molecule has 26 heavy (non-hydrogen) atoms. The van der Waals surface area contributed by atoms with Crippen LogP contribution in [0.3, 0.4) is 0 Å². The van der Waals surface area contributed by atoms with Crippen LogP contribution in [0.25, 0.3) is 11.4 Å². The van der Waals surface area contributed by atoms with Crippen LogP contribution in [0.15, 0.2) is 43.0 Å². The van der Waals surface area contributed by atoms with Crippen LogP contribution >= 0.6 is 0 Å². The molecule has 7 heteroatoms. The quantitative estimate of drug-likeness (QED) is 0.738. The predicted octanol–water partition coefficient (Wildman–Crippen LogP) is 2.37. The van der Waals surface area contributed by atoms with Crippen molar-refractivity contribution in [3.8, 4) is 11.4 Å². The second-order valence-electron chi connectivity index (χ2n) is 6.38. The number of amides is 1. The predicted molar refractivity (Wildman–Crippen MR) is 98.6 cm³/mol. The van der Waals surface area contributed by atoms with Crippen LogP contribution in [-0.4, -0.2) is 37.2 Å². The normalized spacial score (nSPS) is 10.9. The molecule has 0 atom stereocenters. The summed E-state index contributed by atoms with van der Waals surface area (Å²) in [5.41, 5.74) is 2.49. The first kappa shape index (κ1) is 17.7. The average molecular weight is 350 g/mol. The van der Waals surface area contributed by atoms with Crippen molar-refractivity contribution in [1.29, 1.82) is 0 Å². The van der Waals surface area contributed by atoms with E-state index in [1.807, 2.05) is 37.6 Å². The molecule has 0 radical (unpaired) electrons. The van der Waals surface area contributed by atoms with E-state index in [0.717, 1.165) is 17.0 Å². The summed E-state index contributed by atoms with van der Waals surface area (Å²) >= 11 is 0. The van der Waals surface area contributed by atoms with Crippen LogP contribution in [0.2, 0.25) is 0 Å². The third kappa shape index (κ3) is 4.11. The molecule has 0 unspecified atom stereocenters. The first-order valence-corrected chi connectivity index (χ1v) is 8.58. The Morgan fingerprint density at radius 2 is 1.96 bits per heavy atom. The second-order valence-corrected chi connectivity index (χ2v) is 6.38. The molecule has 1 N–H and O–H groups in total. The maximum absolute atomic E-state index is 12.4. The summed E-state index contributed by atoms with van der Waals surface area (Å²) < 4.78 is 1.70. The van der Waals surface area contributed by atoms with Gasteiger partial charge in [0.05, 0.1) is 0 Å². The van der Waals surface area contributed by atoms with E-state index in [-0.39, 0.29) is 5.91 Å². The Bertz CT molecular complexity index is 885. The topological polar surface area (TPSA) is 85.6 Å². The molecule has 0 saturated heterocycles. The Hall–Kier alpha value is -3.09. The van der Waals surface area contributed by atoms with Crippen molar-refractivity contribution < 1.29 is 4.79 Å². The lowest BCUT2D eigenvalue weighted by molar-refractivity contribution is 0.0954. The number of hydrogen-bond acceptors (Lipinski definition) is 5. The van der Waals surface area contributed by atoms with Gasteiger partial charge in [-0.05, 0) is 23.6 Å². The lowest BCUT2D eigenvalue weighted by Gasteiger charge is -2.08. The van der Waals surface area contributed by atoms with Crippen LogP contribution in [0.1, 0.15) is 41.5 Å². The van der Waals surface area contributed by atoms with E-state index in [1.165, 1.54) is 6.33 Å². The third-order valence-electron chi connectivity index (χ3n) is 4.16. The van der Waals surface area contributed by atoms with E-state index in [9.17, 15) is 4.79 Å². The van der Waals surface area contributed by atoms with Crippen LogP contribution < -0.4 is 5.32 Å². The molecule has 0 fully saturated rings. The molecular weight excluding hydrogens is 328 g/mol. The number of nitrogens with zero attached hydrogens (tertiary/aromatic N) is 5. The van der Waals surface area contributed by atoms with Gasteiger partial charge in [-0.1, -0.05) is 26.0 Å². The molecule has 0 aliphatic rings. The number of nitrogens with one attached hydrogen (secondary N) is 1. The largest absolute Gasteiger partial charge is 0.352 e. The van der Waals surface area contributed by atoms with Gasteiger partial charge < -0.3 is 5.32 Å². The molecule has 3 rings (SSSR count). The van der Waals surface area contributed by atoms with E-state index in [4.69, 9.17) is 0 Å². The van der Waals surface area contributed by atoms with Gasteiger partial charge in [0.2, 0.25) is 0 Å². The van der Waals surface area contributed by atoms with Gasteiger partial charge in [0.25, 0.3) is 5.91 Å². The molecule has 0 spiro atoms. The fourth-order valence-electron chi connectivity index (χ4n) is 2.52. The summed E-state index contributed by atoms with van der Waals surface area (Å²) in [4.78, 5) is 25.4. The SMILES string of the molecule is CC(C)c1cnc(-c2cccc(C(=O)NCCc3ncnn3C)c2)nc1. The van der Waals surface area contributed by atoms with Crippen LogP contribution in [-0.2, 0) is 13.5 Å². The number of hydrogen-bond donors (Lipinski definition) is 1. The first-order valence-electron chi connectivity index (χ1n) is 8.58. The van der Waals surface area contributed by atoms with E-state index >= 15 is 0 Å². The molecular formula is C19H22N6O. The minimum atomic E-state index is -0.132. The third-order valence-corrected chi connectivity index (χ3v) is 4.16. The van der Waals surface area contributed by atoms with Gasteiger partial charge >= 0.3 is 0 Å². The number of aryl methyl sites for hydroxylation is 1. The maximum atomic E-state index is 12.4. The molecule has 7 nitrogen and oxygen atoms in total. The lowest BCUT2D eigenvalue weighted by Crippen LogP contribution is -2.26. The molecule has 134 valence electrons. The Labute approximate surface area is 152 Å². The summed E-state index contributed by atoms with van der Waals surface area (Å²) in [6.45, 7) is 4.70. The van der Waals surface area contributed by atoms with Gasteiger partial charge in [0.1, 0.15) is 12.2 Å². The molecule has 2 heterocycles. The molecule has 0 aliphatic carbocycles. The molecule has 0 saturated carbocycles. The number of aromatic nitrogens is 5. The van der Waals surface area contributed by atoms with E-state index in [1.54, 1.807) is 10.7 Å². The zero-order valence-corrected chi connectivity index (χ0v) is 15.2. The Kier molecular flexibility index (Phi) is 5.36. The van der Waals surface area contributed by atoms with Crippen molar-refractivity contribution in [3.05, 3.63) is 59.9 Å². The van der Waals surface area contributed by atoms with Crippen LogP contribution in [0.5, 0.6) is 0 Å². The number of carbonyl (C=O) groups is 1. The van der Waals surface area contributed by atoms with Crippen molar-refractivity contribution in [3.63, 3.8) is 0 Å². The highest BCUT2D eigenvalue weighted by molar-refractivity contribution is 5.95. The van der Waals surface area contributed by atoms with E-state index in [2.05, 4.69) is 39.2 Å². The van der Waals surface area contributed by atoms with E-state index in [0.29, 0.717) is 30.3 Å². The van der Waals surface area contributed by atoms with Crippen LogP contribution in [0, 0.1) is 0 Å². The van der Waals surface area contributed by atoms with Crippen molar-refractivity contribution >= 4 is 5.91 Å². The Morgan fingerprint density at radius 3 is 2.62 bits per heavy atom. The monoisotopic (exact) mass is 350 g/mol. The second kappa shape index (κ2) is 7.86. The Balaban J connectivity index is 1.66. The summed E-state index contributed by atoms with van der Waals surface area (Å²) in [5.74, 6) is 1.70. The number of rotatable bonds is 6. The van der Waals surface area contributed by atoms with Crippen molar-refractivity contribution in [2.75, 3.05) is 6.54 Å². The van der Waals surface area contributed by atoms with Gasteiger partial charge in [-0.15, -0.1) is 0 Å². The van der Waals surface area contributed by atoms with Crippen molar-refractivity contribution in [2.45, 2.75) is 26.2 Å². The standard InChI is InChI=1S/C19H22N6O/c1-13(2)16-10-21-18(22-11-16)14-5-4-6-15(9-14)19(26)20-8-7-17-23-12-24-25(17)3/h4-6,9-13H,7-8H2,1-3H3,(H,20,26). The van der Waals surface area contributed by atoms with Gasteiger partial charge in [0.15, 0.2) is 5.82 Å². The molecule has 1 amide bonds. The highest BCUT2D eigenvalue weighted by Gasteiger charge is 2.09. The lowest BCUT2D eigenvalue weighted by atomic mass is 10.1. The maximum Gasteiger partial charge on any atom is 0.251 e. The van der Waals surface area contributed by atoms with Crippen LogP contribution in [0.4, 0.5) is 0 Å². The Morgan fingerprint density at radius 1 is 1.19 bits per heavy atom. The summed E-state index contributed by atoms with van der Waals surface area (Å²) in [6.07, 6.45) is 5.80. The fourth-order valence-corrected chi connectivity index (χ4v) is 2.52. The van der Waals surface area contributed by atoms with Gasteiger partial charge in [0, 0.05) is 43.5 Å². The van der Waals surface area contributed by atoms with E-state index < -0.39 is 0 Å². The molecule has 0 aliphatic heterocycles. The summed E-state index contributed by atoms with van der Waals surface area (Å²) in [7, 11) is 1.83.